The fourth-order valence-corrected chi connectivity index (χ4v) is 4.82. The van der Waals surface area contributed by atoms with Crippen molar-refractivity contribution in [2.75, 3.05) is 0 Å². The van der Waals surface area contributed by atoms with E-state index in [0.29, 0.717) is 6.54 Å². The summed E-state index contributed by atoms with van der Waals surface area (Å²) >= 11 is 0. The molecule has 0 atom stereocenters. The van der Waals surface area contributed by atoms with Gasteiger partial charge < -0.3 is 4.90 Å². The molecule has 0 bridgehead atoms. The number of hydrogen-bond acceptors (Lipinski definition) is 1. The van der Waals surface area contributed by atoms with Gasteiger partial charge in [0.1, 0.15) is 0 Å². The number of rotatable bonds is 5. The summed E-state index contributed by atoms with van der Waals surface area (Å²) in [5.74, 6) is 0.101. The third-order valence-corrected chi connectivity index (χ3v) is 6.41. The lowest BCUT2D eigenvalue weighted by atomic mass is 9.97. The van der Waals surface area contributed by atoms with Crippen LogP contribution in [0.1, 0.15) is 32.6 Å². The Morgan fingerprint density at radius 1 is 0.781 bits per heavy atom. The minimum absolute atomic E-state index is 0.101. The van der Waals surface area contributed by atoms with E-state index in [9.17, 15) is 4.79 Å². The number of carbonyl (C=O) groups excluding carboxylic acids is 1. The predicted molar refractivity (Wildman–Crippen MR) is 131 cm³/mol. The zero-order chi connectivity index (χ0) is 21.9. The van der Waals surface area contributed by atoms with E-state index in [1.807, 2.05) is 36.4 Å². The molecule has 1 aliphatic rings. The van der Waals surface area contributed by atoms with Crippen LogP contribution < -0.4 is 0 Å². The molecule has 32 heavy (non-hydrogen) atoms. The van der Waals surface area contributed by atoms with Crippen molar-refractivity contribution in [3.8, 4) is 11.1 Å². The van der Waals surface area contributed by atoms with Crippen molar-refractivity contribution in [3.05, 3.63) is 131 Å². The van der Waals surface area contributed by atoms with E-state index in [0.717, 1.165) is 29.5 Å². The SMILES string of the molecule is Cc1cccc(CN(C(=O)c2ccccc2-c2ccccc2)C2Cc3ccccc3C2)c1. The van der Waals surface area contributed by atoms with Gasteiger partial charge in [-0.25, -0.2) is 0 Å². The Balaban J connectivity index is 1.53. The maximum Gasteiger partial charge on any atom is 0.255 e. The van der Waals surface area contributed by atoms with E-state index in [2.05, 4.69) is 78.6 Å². The molecule has 4 aromatic carbocycles. The van der Waals surface area contributed by atoms with E-state index >= 15 is 0 Å². The average Bonchev–Trinajstić information content (AvgIpc) is 3.27. The maximum atomic E-state index is 14.1. The van der Waals surface area contributed by atoms with Crippen LogP contribution in [0.2, 0.25) is 0 Å². The smallest absolute Gasteiger partial charge is 0.255 e. The van der Waals surface area contributed by atoms with E-state index in [1.165, 1.54) is 22.3 Å². The Labute approximate surface area is 190 Å². The first-order chi connectivity index (χ1) is 15.7. The molecule has 0 aromatic heterocycles. The predicted octanol–water partition coefficient (Wildman–Crippen LogP) is 6.47. The van der Waals surface area contributed by atoms with Gasteiger partial charge in [0.05, 0.1) is 0 Å². The second kappa shape index (κ2) is 8.84. The molecule has 0 N–H and O–H groups in total. The molecule has 2 nitrogen and oxygen atoms in total. The van der Waals surface area contributed by atoms with Crippen LogP contribution in [0.5, 0.6) is 0 Å². The summed E-state index contributed by atoms with van der Waals surface area (Å²) in [6.45, 7) is 2.72. The van der Waals surface area contributed by atoms with Crippen LogP contribution in [0.25, 0.3) is 11.1 Å². The lowest BCUT2D eigenvalue weighted by molar-refractivity contribution is 0.0668. The molecule has 2 heteroatoms. The van der Waals surface area contributed by atoms with Gasteiger partial charge >= 0.3 is 0 Å². The highest BCUT2D eigenvalue weighted by Crippen LogP contribution is 2.30. The summed E-state index contributed by atoms with van der Waals surface area (Å²) in [6.07, 6.45) is 1.81. The van der Waals surface area contributed by atoms with Gasteiger partial charge in [0.15, 0.2) is 0 Å². The summed E-state index contributed by atoms with van der Waals surface area (Å²) in [7, 11) is 0. The Bertz CT molecular complexity index is 1220. The van der Waals surface area contributed by atoms with Gasteiger partial charge in [0.25, 0.3) is 5.91 Å². The fourth-order valence-electron chi connectivity index (χ4n) is 4.82. The first-order valence-electron chi connectivity index (χ1n) is 11.3. The Morgan fingerprint density at radius 2 is 1.44 bits per heavy atom. The zero-order valence-electron chi connectivity index (χ0n) is 18.4. The second-order valence-corrected chi connectivity index (χ2v) is 8.66. The molecular weight excluding hydrogens is 390 g/mol. The number of nitrogens with zero attached hydrogens (tertiary/aromatic N) is 1. The molecule has 158 valence electrons. The highest BCUT2D eigenvalue weighted by molar-refractivity contribution is 6.01. The first-order valence-corrected chi connectivity index (χ1v) is 11.3. The highest BCUT2D eigenvalue weighted by Gasteiger charge is 2.31. The first kappa shape index (κ1) is 20.3. The molecule has 1 aliphatic carbocycles. The van der Waals surface area contributed by atoms with Crippen molar-refractivity contribution >= 4 is 5.91 Å². The Kier molecular flexibility index (Phi) is 5.60. The van der Waals surface area contributed by atoms with Gasteiger partial charge in [-0.1, -0.05) is 103 Å². The van der Waals surface area contributed by atoms with Crippen LogP contribution >= 0.6 is 0 Å². The molecule has 0 aliphatic heterocycles. The van der Waals surface area contributed by atoms with Crippen LogP contribution in [0.4, 0.5) is 0 Å². The minimum atomic E-state index is 0.101. The van der Waals surface area contributed by atoms with Crippen LogP contribution in [0.3, 0.4) is 0 Å². The topological polar surface area (TPSA) is 20.3 Å². The normalized spacial score (nSPS) is 13.0. The Hall–Kier alpha value is -3.65. The van der Waals surface area contributed by atoms with Gasteiger partial charge in [-0.05, 0) is 53.6 Å². The van der Waals surface area contributed by atoms with Crippen LogP contribution in [0.15, 0.2) is 103 Å². The molecule has 1 amide bonds. The van der Waals surface area contributed by atoms with Crippen molar-refractivity contribution in [1.82, 2.24) is 4.90 Å². The standard InChI is InChI=1S/C30H27NO/c1-22-10-9-11-23(18-22)21-31(27-19-25-14-5-6-15-26(25)20-27)30(32)29-17-8-7-16-28(29)24-12-3-2-4-13-24/h2-18,27H,19-21H2,1H3. The Morgan fingerprint density at radius 3 is 2.16 bits per heavy atom. The van der Waals surface area contributed by atoms with Crippen molar-refractivity contribution in [3.63, 3.8) is 0 Å². The van der Waals surface area contributed by atoms with Gasteiger partial charge in [0.2, 0.25) is 0 Å². The molecule has 0 fully saturated rings. The maximum absolute atomic E-state index is 14.1. The largest absolute Gasteiger partial charge is 0.331 e. The summed E-state index contributed by atoms with van der Waals surface area (Å²) in [4.78, 5) is 16.2. The lowest BCUT2D eigenvalue weighted by Crippen LogP contribution is -2.40. The molecule has 0 spiro atoms. The fraction of sp³-hybridized carbons (Fsp3) is 0.167. The van der Waals surface area contributed by atoms with Crippen molar-refractivity contribution < 1.29 is 4.79 Å². The summed E-state index contributed by atoms with van der Waals surface area (Å²) in [5.41, 5.74) is 7.93. The summed E-state index contributed by atoms with van der Waals surface area (Å²) < 4.78 is 0. The van der Waals surface area contributed by atoms with Gasteiger partial charge in [-0.2, -0.15) is 0 Å². The van der Waals surface area contributed by atoms with Gasteiger partial charge in [0, 0.05) is 18.2 Å². The monoisotopic (exact) mass is 417 g/mol. The third kappa shape index (κ3) is 4.09. The van der Waals surface area contributed by atoms with E-state index in [4.69, 9.17) is 0 Å². The van der Waals surface area contributed by atoms with Gasteiger partial charge in [-0.3, -0.25) is 4.79 Å². The molecule has 0 saturated heterocycles. The third-order valence-electron chi connectivity index (χ3n) is 6.41. The molecule has 5 rings (SSSR count). The van der Waals surface area contributed by atoms with Crippen LogP contribution in [0, 0.1) is 6.92 Å². The number of benzene rings is 4. The van der Waals surface area contributed by atoms with Crippen LogP contribution in [-0.2, 0) is 19.4 Å². The molecule has 0 heterocycles. The lowest BCUT2D eigenvalue weighted by Gasteiger charge is -2.30. The van der Waals surface area contributed by atoms with Gasteiger partial charge in [-0.15, -0.1) is 0 Å². The minimum Gasteiger partial charge on any atom is -0.331 e. The molecule has 0 unspecified atom stereocenters. The quantitative estimate of drug-likeness (QED) is 0.364. The number of aryl methyl sites for hydroxylation is 1. The van der Waals surface area contributed by atoms with Crippen molar-refractivity contribution in [2.45, 2.75) is 32.4 Å². The molecule has 4 aromatic rings. The van der Waals surface area contributed by atoms with Crippen molar-refractivity contribution in [2.24, 2.45) is 0 Å². The second-order valence-electron chi connectivity index (χ2n) is 8.66. The molecule has 0 saturated carbocycles. The summed E-state index contributed by atoms with van der Waals surface area (Å²) in [5, 5.41) is 0. The van der Waals surface area contributed by atoms with E-state index in [1.54, 1.807) is 0 Å². The van der Waals surface area contributed by atoms with Crippen LogP contribution in [-0.4, -0.2) is 16.8 Å². The average molecular weight is 418 g/mol. The zero-order valence-corrected chi connectivity index (χ0v) is 18.4. The number of fused-ring (bicyclic) bond motifs is 1. The number of amides is 1. The highest BCUT2D eigenvalue weighted by atomic mass is 16.2. The van der Waals surface area contributed by atoms with E-state index in [-0.39, 0.29) is 11.9 Å². The van der Waals surface area contributed by atoms with Crippen molar-refractivity contribution in [1.29, 1.82) is 0 Å². The molecular formula is C30H27NO. The number of carbonyl (C=O) groups is 1. The molecule has 0 radical (unpaired) electrons. The number of hydrogen-bond donors (Lipinski definition) is 0. The summed E-state index contributed by atoms with van der Waals surface area (Å²) in [6, 6.07) is 35.4. The van der Waals surface area contributed by atoms with E-state index < -0.39 is 0 Å².